The second-order valence-corrected chi connectivity index (χ2v) is 8.25. The van der Waals surface area contributed by atoms with E-state index < -0.39 is 6.10 Å². The Balaban J connectivity index is 1.62. The predicted octanol–water partition coefficient (Wildman–Crippen LogP) is 2.77. The Hall–Kier alpha value is -3.66. The van der Waals surface area contributed by atoms with Crippen LogP contribution in [0.4, 0.5) is 5.69 Å². The first-order chi connectivity index (χ1) is 17.3. The SMILES string of the molecule is COc1cc(OCC(CN2CCN(c3ccccc3OC(C)=O)CC2)OC(C)=O)cc(OC)c1OC. The van der Waals surface area contributed by atoms with Crippen molar-refractivity contribution in [1.29, 1.82) is 0 Å². The van der Waals surface area contributed by atoms with Gasteiger partial charge in [0.25, 0.3) is 0 Å². The number of nitrogens with zero attached hydrogens (tertiary/aromatic N) is 2. The molecule has 10 nitrogen and oxygen atoms in total. The van der Waals surface area contributed by atoms with E-state index in [4.69, 9.17) is 28.4 Å². The number of carbonyl (C=O) groups is 2. The number of anilines is 1. The van der Waals surface area contributed by atoms with Crippen molar-refractivity contribution in [1.82, 2.24) is 4.90 Å². The molecule has 0 aliphatic carbocycles. The number of methoxy groups -OCH3 is 3. The maximum absolute atomic E-state index is 11.8. The minimum atomic E-state index is -0.471. The standard InChI is InChI=1S/C26H34N2O8/c1-18(29)35-21(17-34-20-14-24(31-3)26(33-5)25(15-20)32-4)16-27-10-12-28(13-11-27)22-8-6-7-9-23(22)36-19(2)30/h6-9,14-15,21H,10-13,16-17H2,1-5H3. The van der Waals surface area contributed by atoms with Gasteiger partial charge in [-0.15, -0.1) is 0 Å². The maximum atomic E-state index is 11.8. The smallest absolute Gasteiger partial charge is 0.308 e. The van der Waals surface area contributed by atoms with E-state index in [0.29, 0.717) is 35.3 Å². The van der Waals surface area contributed by atoms with Crippen LogP contribution in [0.2, 0.25) is 0 Å². The van der Waals surface area contributed by atoms with Crippen molar-refractivity contribution < 1.29 is 38.0 Å². The van der Waals surface area contributed by atoms with Crippen LogP contribution < -0.4 is 28.6 Å². The number of benzene rings is 2. The number of piperazine rings is 1. The van der Waals surface area contributed by atoms with Crippen LogP contribution in [-0.4, -0.2) is 83.6 Å². The van der Waals surface area contributed by atoms with Gasteiger partial charge in [0.15, 0.2) is 17.2 Å². The molecule has 1 unspecified atom stereocenters. The molecule has 196 valence electrons. The number of esters is 2. The molecular weight excluding hydrogens is 468 g/mol. The van der Waals surface area contributed by atoms with E-state index in [2.05, 4.69) is 9.80 Å². The fraction of sp³-hybridized carbons (Fsp3) is 0.462. The van der Waals surface area contributed by atoms with Crippen LogP contribution in [0.25, 0.3) is 0 Å². The lowest BCUT2D eigenvalue weighted by molar-refractivity contribution is -0.149. The molecule has 0 amide bonds. The Kier molecular flexibility index (Phi) is 9.63. The second-order valence-electron chi connectivity index (χ2n) is 8.25. The minimum absolute atomic E-state index is 0.160. The molecule has 3 rings (SSSR count). The Morgan fingerprint density at radius 2 is 1.50 bits per heavy atom. The van der Waals surface area contributed by atoms with Crippen LogP contribution in [0.3, 0.4) is 0 Å². The zero-order valence-corrected chi connectivity index (χ0v) is 21.4. The van der Waals surface area contributed by atoms with Crippen molar-refractivity contribution in [3.63, 3.8) is 0 Å². The molecule has 0 bridgehead atoms. The third kappa shape index (κ3) is 7.17. The molecule has 2 aromatic carbocycles. The zero-order chi connectivity index (χ0) is 26.1. The first-order valence-corrected chi connectivity index (χ1v) is 11.7. The van der Waals surface area contributed by atoms with Crippen LogP contribution in [0.1, 0.15) is 13.8 Å². The normalized spacial score (nSPS) is 14.5. The van der Waals surface area contributed by atoms with Crippen LogP contribution in [0.15, 0.2) is 36.4 Å². The van der Waals surface area contributed by atoms with Crippen molar-refractivity contribution in [2.75, 3.05) is 65.6 Å². The van der Waals surface area contributed by atoms with Crippen molar-refractivity contribution in [2.24, 2.45) is 0 Å². The number of para-hydroxylation sites is 2. The van der Waals surface area contributed by atoms with Crippen LogP contribution in [0, 0.1) is 0 Å². The maximum Gasteiger partial charge on any atom is 0.308 e. The summed E-state index contributed by atoms with van der Waals surface area (Å²) in [7, 11) is 4.60. The highest BCUT2D eigenvalue weighted by atomic mass is 16.6. The Labute approximate surface area is 211 Å². The van der Waals surface area contributed by atoms with E-state index in [9.17, 15) is 9.59 Å². The molecule has 0 saturated carbocycles. The van der Waals surface area contributed by atoms with Crippen molar-refractivity contribution in [3.05, 3.63) is 36.4 Å². The number of rotatable bonds is 11. The molecule has 10 heteroatoms. The van der Waals surface area contributed by atoms with E-state index >= 15 is 0 Å². The number of ether oxygens (including phenoxy) is 6. The predicted molar refractivity (Wildman–Crippen MR) is 134 cm³/mol. The van der Waals surface area contributed by atoms with Gasteiger partial charge in [-0.2, -0.15) is 0 Å². The van der Waals surface area contributed by atoms with E-state index in [-0.39, 0.29) is 18.5 Å². The van der Waals surface area contributed by atoms with Gasteiger partial charge in [0, 0.05) is 58.7 Å². The Morgan fingerprint density at radius 1 is 0.861 bits per heavy atom. The summed E-state index contributed by atoms with van der Waals surface area (Å²) < 4.78 is 33.0. The molecule has 1 saturated heterocycles. The van der Waals surface area contributed by atoms with Gasteiger partial charge < -0.3 is 33.3 Å². The zero-order valence-electron chi connectivity index (χ0n) is 21.4. The summed E-state index contributed by atoms with van der Waals surface area (Å²) in [6, 6.07) is 10.9. The van der Waals surface area contributed by atoms with Gasteiger partial charge in [0.05, 0.1) is 27.0 Å². The largest absolute Gasteiger partial charge is 0.493 e. The topological polar surface area (TPSA) is 96.0 Å². The highest BCUT2D eigenvalue weighted by Gasteiger charge is 2.24. The van der Waals surface area contributed by atoms with Gasteiger partial charge in [0.1, 0.15) is 18.5 Å². The molecule has 0 radical (unpaired) electrons. The van der Waals surface area contributed by atoms with E-state index in [1.54, 1.807) is 18.2 Å². The molecule has 0 aromatic heterocycles. The summed E-state index contributed by atoms with van der Waals surface area (Å²) in [5.41, 5.74) is 0.884. The van der Waals surface area contributed by atoms with E-state index in [0.717, 1.165) is 31.9 Å². The number of hydrogen-bond acceptors (Lipinski definition) is 10. The fourth-order valence-corrected chi connectivity index (χ4v) is 4.11. The molecule has 1 aliphatic heterocycles. The van der Waals surface area contributed by atoms with Gasteiger partial charge in [-0.3, -0.25) is 14.5 Å². The molecule has 2 aromatic rings. The first-order valence-electron chi connectivity index (χ1n) is 11.7. The summed E-state index contributed by atoms with van der Waals surface area (Å²) in [6.45, 7) is 6.42. The summed E-state index contributed by atoms with van der Waals surface area (Å²) in [5.74, 6) is 1.75. The lowest BCUT2D eigenvalue weighted by Crippen LogP contribution is -2.50. The second kappa shape index (κ2) is 12.9. The average molecular weight is 503 g/mol. The van der Waals surface area contributed by atoms with Crippen LogP contribution in [0.5, 0.6) is 28.7 Å². The van der Waals surface area contributed by atoms with Gasteiger partial charge in [-0.05, 0) is 12.1 Å². The van der Waals surface area contributed by atoms with Crippen molar-refractivity contribution in [2.45, 2.75) is 20.0 Å². The van der Waals surface area contributed by atoms with Gasteiger partial charge in [-0.1, -0.05) is 12.1 Å². The molecule has 1 atom stereocenters. The van der Waals surface area contributed by atoms with Crippen LogP contribution in [-0.2, 0) is 14.3 Å². The number of carbonyl (C=O) groups excluding carboxylic acids is 2. The summed E-state index contributed by atoms with van der Waals surface area (Å²) >= 11 is 0. The molecule has 1 heterocycles. The van der Waals surface area contributed by atoms with Gasteiger partial charge in [0.2, 0.25) is 5.75 Å². The van der Waals surface area contributed by atoms with Crippen molar-refractivity contribution in [3.8, 4) is 28.7 Å². The lowest BCUT2D eigenvalue weighted by atomic mass is 10.2. The lowest BCUT2D eigenvalue weighted by Gasteiger charge is -2.37. The molecule has 36 heavy (non-hydrogen) atoms. The minimum Gasteiger partial charge on any atom is -0.493 e. The molecular formula is C26H34N2O8. The third-order valence-corrected chi connectivity index (χ3v) is 5.70. The van der Waals surface area contributed by atoms with Crippen molar-refractivity contribution >= 4 is 17.6 Å². The van der Waals surface area contributed by atoms with Crippen LogP contribution >= 0.6 is 0 Å². The van der Waals surface area contributed by atoms with Gasteiger partial charge >= 0.3 is 11.9 Å². The first kappa shape index (κ1) is 26.9. The Morgan fingerprint density at radius 3 is 2.06 bits per heavy atom. The highest BCUT2D eigenvalue weighted by molar-refractivity contribution is 5.73. The fourth-order valence-electron chi connectivity index (χ4n) is 4.11. The summed E-state index contributed by atoms with van der Waals surface area (Å²) in [5, 5.41) is 0. The van der Waals surface area contributed by atoms with Gasteiger partial charge in [-0.25, -0.2) is 0 Å². The van der Waals surface area contributed by atoms with E-state index in [1.165, 1.54) is 35.2 Å². The summed E-state index contributed by atoms with van der Waals surface area (Å²) in [4.78, 5) is 27.6. The highest BCUT2D eigenvalue weighted by Crippen LogP contribution is 2.40. The summed E-state index contributed by atoms with van der Waals surface area (Å²) in [6.07, 6.45) is -0.471. The molecule has 1 aliphatic rings. The molecule has 0 spiro atoms. The monoisotopic (exact) mass is 502 g/mol. The van der Waals surface area contributed by atoms with E-state index in [1.807, 2.05) is 18.2 Å². The molecule has 1 fully saturated rings. The molecule has 0 N–H and O–H groups in total. The Bertz CT molecular complexity index is 1010. The number of hydrogen-bond donors (Lipinski definition) is 0. The third-order valence-electron chi connectivity index (χ3n) is 5.70. The average Bonchev–Trinajstić information content (AvgIpc) is 2.86. The quantitative estimate of drug-likeness (QED) is 0.337.